The Morgan fingerprint density at radius 3 is 2.68 bits per heavy atom. The Bertz CT molecular complexity index is 973. The number of ether oxygens (including phenoxy) is 1. The number of nitrogens with one attached hydrogen (secondary N) is 1. The van der Waals surface area contributed by atoms with E-state index in [2.05, 4.69) is 20.4 Å². The molecule has 7 nitrogen and oxygen atoms in total. The number of thioether (sulfide) groups is 1. The van der Waals surface area contributed by atoms with Crippen LogP contribution >= 0.6 is 11.8 Å². The van der Waals surface area contributed by atoms with Crippen molar-refractivity contribution < 1.29 is 14.1 Å². The van der Waals surface area contributed by atoms with Crippen molar-refractivity contribution in [2.45, 2.75) is 56.4 Å². The number of nitrogens with zero attached hydrogens (tertiary/aromatic N) is 3. The summed E-state index contributed by atoms with van der Waals surface area (Å²) >= 11 is 1.60. The molecule has 0 saturated carbocycles. The van der Waals surface area contributed by atoms with Crippen LogP contribution in [0.2, 0.25) is 0 Å². The monoisotopic (exact) mass is 400 g/mol. The lowest BCUT2D eigenvalue weighted by atomic mass is 10.1. The number of hydrogen-bond donors (Lipinski definition) is 1. The molecule has 0 aliphatic rings. The smallest absolute Gasteiger partial charge is 0.408 e. The molecule has 1 amide bonds. The van der Waals surface area contributed by atoms with E-state index in [0.29, 0.717) is 17.5 Å². The molecule has 3 rings (SSSR count). The first-order valence-corrected chi connectivity index (χ1v) is 9.93. The Morgan fingerprint density at radius 2 is 1.93 bits per heavy atom. The van der Waals surface area contributed by atoms with Gasteiger partial charge in [-0.15, -0.1) is 11.8 Å². The number of para-hydroxylation sites is 1. The first kappa shape index (κ1) is 20.1. The van der Waals surface area contributed by atoms with E-state index < -0.39 is 17.2 Å². The zero-order valence-corrected chi connectivity index (χ0v) is 17.5. The van der Waals surface area contributed by atoms with Gasteiger partial charge < -0.3 is 14.6 Å². The largest absolute Gasteiger partial charge is 0.444 e. The van der Waals surface area contributed by atoms with Gasteiger partial charge in [0.1, 0.15) is 11.1 Å². The maximum absolute atomic E-state index is 12.1. The summed E-state index contributed by atoms with van der Waals surface area (Å²) in [4.78, 5) is 22.0. The zero-order chi connectivity index (χ0) is 20.4. The summed E-state index contributed by atoms with van der Waals surface area (Å²) in [5, 5.41) is 7.89. The van der Waals surface area contributed by atoms with Crippen molar-refractivity contribution >= 4 is 28.8 Å². The van der Waals surface area contributed by atoms with Gasteiger partial charge in [0.25, 0.3) is 0 Å². The van der Waals surface area contributed by atoms with Crippen molar-refractivity contribution in [2.75, 3.05) is 0 Å². The fraction of sp³-hybridized carbons (Fsp3) is 0.400. The molecule has 0 atom stereocenters. The van der Waals surface area contributed by atoms with Crippen LogP contribution in [0.1, 0.15) is 46.3 Å². The molecule has 1 N–H and O–H groups in total. The van der Waals surface area contributed by atoms with Crippen LogP contribution in [0.3, 0.4) is 0 Å². The minimum atomic E-state index is -0.821. The highest BCUT2D eigenvalue weighted by Gasteiger charge is 2.30. The van der Waals surface area contributed by atoms with E-state index in [0.717, 1.165) is 15.8 Å². The summed E-state index contributed by atoms with van der Waals surface area (Å²) in [6.07, 6.45) is 1.26. The zero-order valence-electron chi connectivity index (χ0n) is 16.6. The van der Waals surface area contributed by atoms with Crippen LogP contribution < -0.4 is 5.32 Å². The van der Waals surface area contributed by atoms with Gasteiger partial charge in [-0.3, -0.25) is 4.98 Å². The molecule has 2 aromatic heterocycles. The minimum Gasteiger partial charge on any atom is -0.444 e. The summed E-state index contributed by atoms with van der Waals surface area (Å²) in [6.45, 7) is 9.04. The maximum Gasteiger partial charge on any atom is 0.408 e. The topological polar surface area (TPSA) is 90.1 Å². The van der Waals surface area contributed by atoms with Crippen LogP contribution in [-0.4, -0.2) is 26.8 Å². The predicted molar refractivity (Wildman–Crippen MR) is 108 cm³/mol. The van der Waals surface area contributed by atoms with Crippen LogP contribution in [0.5, 0.6) is 0 Å². The molecule has 0 fully saturated rings. The van der Waals surface area contributed by atoms with Crippen molar-refractivity contribution in [3.63, 3.8) is 0 Å². The second-order valence-electron chi connectivity index (χ2n) is 7.88. The number of fused-ring (bicyclic) bond motifs is 1. The molecule has 0 aliphatic carbocycles. The average Bonchev–Trinajstić information content (AvgIpc) is 3.07. The van der Waals surface area contributed by atoms with E-state index >= 15 is 0 Å². The number of pyridine rings is 1. The third kappa shape index (κ3) is 5.01. The molecule has 0 unspecified atom stereocenters. The fourth-order valence-electron chi connectivity index (χ4n) is 2.52. The van der Waals surface area contributed by atoms with Gasteiger partial charge in [0.05, 0.1) is 11.3 Å². The number of aromatic nitrogens is 3. The molecule has 0 bridgehead atoms. The van der Waals surface area contributed by atoms with E-state index in [9.17, 15) is 4.79 Å². The Kier molecular flexibility index (Phi) is 5.60. The van der Waals surface area contributed by atoms with Gasteiger partial charge in [0.15, 0.2) is 5.82 Å². The van der Waals surface area contributed by atoms with Crippen LogP contribution in [-0.2, 0) is 16.0 Å². The predicted octanol–water partition coefficient (Wildman–Crippen LogP) is 4.67. The number of carbonyl (C=O) groups is 1. The van der Waals surface area contributed by atoms with Crippen LogP contribution in [0, 0.1) is 0 Å². The first-order chi connectivity index (χ1) is 13.1. The lowest BCUT2D eigenvalue weighted by molar-refractivity contribution is 0.0465. The van der Waals surface area contributed by atoms with Gasteiger partial charge in [0, 0.05) is 16.5 Å². The Morgan fingerprint density at radius 1 is 1.18 bits per heavy atom. The Labute approximate surface area is 168 Å². The van der Waals surface area contributed by atoms with Crippen molar-refractivity contribution in [1.82, 2.24) is 20.4 Å². The second-order valence-corrected chi connectivity index (χ2v) is 8.90. The third-order valence-electron chi connectivity index (χ3n) is 3.80. The summed E-state index contributed by atoms with van der Waals surface area (Å²) in [5.74, 6) is 1.40. The average molecular weight is 401 g/mol. The highest BCUT2D eigenvalue weighted by Crippen LogP contribution is 2.29. The van der Waals surface area contributed by atoms with Crippen molar-refractivity contribution in [1.29, 1.82) is 0 Å². The van der Waals surface area contributed by atoms with Gasteiger partial charge in [0.2, 0.25) is 5.89 Å². The number of benzene rings is 1. The van der Waals surface area contributed by atoms with Gasteiger partial charge in [-0.1, -0.05) is 23.4 Å². The number of alkyl carbamates (subject to hydrolysis) is 1. The molecular formula is C20H24N4O3S. The van der Waals surface area contributed by atoms with Crippen LogP contribution in [0.15, 0.2) is 45.9 Å². The van der Waals surface area contributed by atoms with Crippen LogP contribution in [0.25, 0.3) is 10.9 Å². The van der Waals surface area contributed by atoms with Crippen molar-refractivity contribution in [3.05, 3.63) is 48.2 Å². The van der Waals surface area contributed by atoms with Gasteiger partial charge in [-0.05, 0) is 46.8 Å². The van der Waals surface area contributed by atoms with E-state index in [1.807, 2.05) is 51.1 Å². The lowest BCUT2D eigenvalue weighted by Crippen LogP contribution is -2.44. The van der Waals surface area contributed by atoms with Gasteiger partial charge in [-0.25, -0.2) is 4.79 Å². The SMILES string of the molecule is CC(C)(C)OC(=O)NC(C)(C)c1noc(CSc2ccnc3ccccc23)n1. The Balaban J connectivity index is 1.67. The molecule has 0 radical (unpaired) electrons. The van der Waals surface area contributed by atoms with E-state index in [-0.39, 0.29) is 0 Å². The highest BCUT2D eigenvalue weighted by molar-refractivity contribution is 7.98. The summed E-state index contributed by atoms with van der Waals surface area (Å²) in [7, 11) is 0. The standard InChI is InChI=1S/C20H24N4O3S/c1-19(2,3)26-18(25)23-20(4,5)17-22-16(27-24-17)12-28-15-10-11-21-14-9-7-6-8-13(14)15/h6-11H,12H2,1-5H3,(H,23,25). The number of hydrogen-bond acceptors (Lipinski definition) is 7. The number of rotatable bonds is 5. The van der Waals surface area contributed by atoms with E-state index in [1.165, 1.54) is 0 Å². The van der Waals surface area contributed by atoms with Gasteiger partial charge >= 0.3 is 6.09 Å². The van der Waals surface area contributed by atoms with Gasteiger partial charge in [-0.2, -0.15) is 4.98 Å². The normalized spacial score (nSPS) is 12.2. The molecule has 8 heteroatoms. The summed E-state index contributed by atoms with van der Waals surface area (Å²) in [6, 6.07) is 9.95. The van der Waals surface area contributed by atoms with E-state index in [1.54, 1.807) is 31.8 Å². The van der Waals surface area contributed by atoms with Crippen molar-refractivity contribution in [2.24, 2.45) is 0 Å². The summed E-state index contributed by atoms with van der Waals surface area (Å²) < 4.78 is 10.7. The van der Waals surface area contributed by atoms with Crippen molar-refractivity contribution in [3.8, 4) is 0 Å². The Hall–Kier alpha value is -2.61. The maximum atomic E-state index is 12.1. The van der Waals surface area contributed by atoms with E-state index in [4.69, 9.17) is 9.26 Å². The minimum absolute atomic E-state index is 0.397. The molecule has 2 heterocycles. The molecule has 0 saturated heterocycles. The first-order valence-electron chi connectivity index (χ1n) is 8.95. The second kappa shape index (κ2) is 7.79. The highest BCUT2D eigenvalue weighted by atomic mass is 32.2. The molecule has 1 aromatic carbocycles. The molecule has 148 valence electrons. The lowest BCUT2D eigenvalue weighted by Gasteiger charge is -2.26. The summed E-state index contributed by atoms with van der Waals surface area (Å²) in [5.41, 5.74) is -0.452. The number of carbonyl (C=O) groups excluding carboxylic acids is 1. The fourth-order valence-corrected chi connectivity index (χ4v) is 3.40. The molecular weight excluding hydrogens is 376 g/mol. The molecule has 28 heavy (non-hydrogen) atoms. The molecule has 0 spiro atoms. The third-order valence-corrected chi connectivity index (χ3v) is 4.86. The quantitative estimate of drug-likeness (QED) is 0.622. The molecule has 3 aromatic rings. The molecule has 0 aliphatic heterocycles. The van der Waals surface area contributed by atoms with Crippen LogP contribution in [0.4, 0.5) is 4.79 Å². The number of amides is 1.